The number of hydrogen-bond acceptors (Lipinski definition) is 6. The third-order valence-electron chi connectivity index (χ3n) is 16.3. The average Bonchev–Trinajstić information content (AvgIpc) is 1.71. The van der Waals surface area contributed by atoms with Gasteiger partial charge in [0.15, 0.2) is 0 Å². The number of fused-ring (bicyclic) bond motifs is 10. The molecule has 2 aliphatic carbocycles. The van der Waals surface area contributed by atoms with E-state index in [0.29, 0.717) is 16.7 Å². The van der Waals surface area contributed by atoms with Crippen molar-refractivity contribution < 1.29 is 0 Å². The molecule has 2 aliphatic rings. The van der Waals surface area contributed by atoms with Crippen LogP contribution in [-0.2, 0) is 10.8 Å². The quantitative estimate of drug-likeness (QED) is 0.163. The molecule has 14 rings (SSSR count). The Hall–Kier alpha value is -10.0. The predicted molar refractivity (Wildman–Crippen MR) is 358 cm³/mol. The third kappa shape index (κ3) is 10.6. The Morgan fingerprint density at radius 2 is 0.729 bits per heavy atom. The molecule has 6 nitrogen and oxygen atoms in total. The minimum Gasteiger partial charge on any atom is -0.356 e. The monoisotopic (exact) mass is 1220 g/mol. The van der Waals surface area contributed by atoms with Crippen LogP contribution in [0.3, 0.4) is 0 Å². The fourth-order valence-corrected chi connectivity index (χ4v) is 13.0. The molecular weight excluding hydrogens is 1170 g/mol. The van der Waals surface area contributed by atoms with Gasteiger partial charge in [0.25, 0.3) is 0 Å². The van der Waals surface area contributed by atoms with Crippen LogP contribution in [0.15, 0.2) is 270 Å². The Balaban J connectivity index is 0.000000159. The van der Waals surface area contributed by atoms with E-state index in [0.717, 1.165) is 55.4 Å². The Morgan fingerprint density at radius 1 is 0.341 bits per heavy atom. The van der Waals surface area contributed by atoms with Crippen molar-refractivity contribution >= 4 is 98.9 Å². The van der Waals surface area contributed by atoms with Gasteiger partial charge in [0.2, 0.25) is 0 Å². The molecule has 8 heteroatoms. The highest BCUT2D eigenvalue weighted by Gasteiger charge is 2.39. The van der Waals surface area contributed by atoms with Crippen molar-refractivity contribution in [1.29, 1.82) is 15.8 Å². The lowest BCUT2D eigenvalue weighted by Gasteiger charge is -2.30. The van der Waals surface area contributed by atoms with E-state index >= 15 is 0 Å². The van der Waals surface area contributed by atoms with Gasteiger partial charge in [-0.25, -0.2) is 0 Å². The van der Waals surface area contributed by atoms with Crippen LogP contribution in [0.4, 0.5) is 45.5 Å². The molecule has 0 radical (unpaired) electrons. The molecule has 0 aromatic heterocycles. The second kappa shape index (κ2) is 23.3. The minimum absolute atomic E-state index is 0.0288. The molecule has 12 aromatic carbocycles. The second-order valence-electron chi connectivity index (χ2n) is 22.2. The number of halogens is 2. The van der Waals surface area contributed by atoms with Gasteiger partial charge in [0.05, 0.1) is 40.6 Å². The molecule has 0 aliphatic heterocycles. The number of nitrogens with zero attached hydrogens (tertiary/aromatic N) is 5. The first-order valence-electron chi connectivity index (χ1n) is 28.1. The van der Waals surface area contributed by atoms with E-state index < -0.39 is 0 Å². The van der Waals surface area contributed by atoms with Crippen LogP contribution in [0.25, 0.3) is 43.8 Å². The van der Waals surface area contributed by atoms with E-state index in [1.807, 2.05) is 103 Å². The summed E-state index contributed by atoms with van der Waals surface area (Å²) in [4.78, 5) is 4.56. The van der Waals surface area contributed by atoms with Crippen molar-refractivity contribution in [3.8, 4) is 40.5 Å². The van der Waals surface area contributed by atoms with Crippen LogP contribution < -0.4 is 15.1 Å². The number of hydrogen-bond donors (Lipinski definition) is 1. The smallest absolute Gasteiger partial charge is 0.0991 e. The summed E-state index contributed by atoms with van der Waals surface area (Å²) in [5, 5.41) is 35.8. The molecule has 0 heterocycles. The van der Waals surface area contributed by atoms with E-state index in [1.54, 1.807) is 12.1 Å². The van der Waals surface area contributed by atoms with Crippen LogP contribution in [0.2, 0.25) is 0 Å². The summed E-state index contributed by atoms with van der Waals surface area (Å²) in [6.07, 6.45) is 0. The number of anilines is 8. The predicted octanol–water partition coefficient (Wildman–Crippen LogP) is 21.8. The van der Waals surface area contributed by atoms with Gasteiger partial charge in [-0.3, -0.25) is 0 Å². The van der Waals surface area contributed by atoms with Crippen LogP contribution in [-0.4, -0.2) is 0 Å². The highest BCUT2D eigenvalue weighted by Crippen LogP contribution is 2.56. The largest absolute Gasteiger partial charge is 0.356 e. The summed E-state index contributed by atoms with van der Waals surface area (Å²) in [6.45, 7) is 9.27. The van der Waals surface area contributed by atoms with E-state index in [-0.39, 0.29) is 10.8 Å². The van der Waals surface area contributed by atoms with Crippen molar-refractivity contribution in [3.05, 3.63) is 309 Å². The van der Waals surface area contributed by atoms with Gasteiger partial charge in [0.1, 0.15) is 0 Å². The summed E-state index contributed by atoms with van der Waals surface area (Å²) in [5.74, 6) is 0. The standard InChI is InChI=1S/C45H32N4.C19H14Br2.C13H10N2/c1-45(2)41-27-37(48(33-11-5-3-6-12-33)35-21-17-31(29-46)18-22-35)25-26-40(41)44-39-16-10-9-15-38(39)43(28-42(44)45)49(34-13-7-4-8-14-34)36-23-19-32(30-47)20-24-36;1-19(2)15-9-11(20)7-8-14(15)18-13-6-4-3-5-12(13)17(21)10-16(18)19;14-10-11-6-8-13(9-7-11)15-12-4-2-1-3-5-12/h3-28H,1-2H3;3-10H,1-2H3;1-9,15H. The first-order valence-corrected chi connectivity index (χ1v) is 29.7. The summed E-state index contributed by atoms with van der Waals surface area (Å²) in [7, 11) is 0. The molecular formula is C77H56Br2N6. The molecule has 0 amide bonds. The zero-order valence-corrected chi connectivity index (χ0v) is 50.5. The van der Waals surface area contributed by atoms with Crippen LogP contribution in [0, 0.1) is 34.0 Å². The van der Waals surface area contributed by atoms with Gasteiger partial charge in [-0.1, -0.05) is 175 Å². The van der Waals surface area contributed by atoms with Crippen molar-refractivity contribution in [1.82, 2.24) is 0 Å². The lowest BCUT2D eigenvalue weighted by Crippen LogP contribution is -2.18. The molecule has 0 fully saturated rings. The lowest BCUT2D eigenvalue weighted by atomic mass is 9.81. The van der Waals surface area contributed by atoms with Crippen LogP contribution in [0.1, 0.15) is 66.6 Å². The number of para-hydroxylation sites is 3. The summed E-state index contributed by atoms with van der Waals surface area (Å²) < 4.78 is 2.32. The van der Waals surface area contributed by atoms with Crippen molar-refractivity contribution in [2.45, 2.75) is 38.5 Å². The summed E-state index contributed by atoms with van der Waals surface area (Å²) in [6, 6.07) is 95.8. The Kier molecular flexibility index (Phi) is 15.2. The van der Waals surface area contributed by atoms with E-state index in [9.17, 15) is 10.5 Å². The van der Waals surface area contributed by atoms with Gasteiger partial charge in [-0.15, -0.1) is 0 Å². The summed E-state index contributed by atoms with van der Waals surface area (Å²) in [5.41, 5.74) is 20.5. The first-order chi connectivity index (χ1) is 41.4. The maximum atomic E-state index is 9.52. The van der Waals surface area contributed by atoms with Gasteiger partial charge >= 0.3 is 0 Å². The SMILES string of the molecule is CC1(C)c2cc(Br)ccc2-c2c1cc(Br)c1ccccc21.CC1(C)c2cc(N(c3ccccc3)c3ccc(C#N)cc3)ccc2-c2c1cc(N(c1ccccc1)c1ccc(C#N)cc1)c1ccccc21.N#Cc1ccc(Nc2ccccc2)cc1. The molecule has 0 spiro atoms. The highest BCUT2D eigenvalue weighted by molar-refractivity contribution is 9.11. The van der Waals surface area contributed by atoms with E-state index in [1.165, 1.54) is 65.1 Å². The Morgan fingerprint density at radius 3 is 1.27 bits per heavy atom. The maximum absolute atomic E-state index is 9.52. The zero-order chi connectivity index (χ0) is 58.8. The van der Waals surface area contributed by atoms with Gasteiger partial charge < -0.3 is 15.1 Å². The molecule has 0 saturated carbocycles. The van der Waals surface area contributed by atoms with Gasteiger partial charge in [-0.2, -0.15) is 15.8 Å². The van der Waals surface area contributed by atoms with Crippen molar-refractivity contribution in [2.24, 2.45) is 0 Å². The topological polar surface area (TPSA) is 89.9 Å². The molecule has 12 aromatic rings. The third-order valence-corrected chi connectivity index (χ3v) is 17.5. The number of benzene rings is 12. The molecule has 1 N–H and O–H groups in total. The normalized spacial score (nSPS) is 12.5. The van der Waals surface area contributed by atoms with Gasteiger partial charge in [0, 0.05) is 65.0 Å². The average molecular weight is 1230 g/mol. The highest BCUT2D eigenvalue weighted by atomic mass is 79.9. The summed E-state index contributed by atoms with van der Waals surface area (Å²) >= 11 is 7.37. The number of nitriles is 3. The number of rotatable bonds is 8. The van der Waals surface area contributed by atoms with Crippen molar-refractivity contribution in [3.63, 3.8) is 0 Å². The minimum atomic E-state index is -0.306. The molecule has 408 valence electrons. The Bertz CT molecular complexity index is 4600. The zero-order valence-electron chi connectivity index (χ0n) is 47.3. The second-order valence-corrected chi connectivity index (χ2v) is 24.0. The van der Waals surface area contributed by atoms with E-state index in [2.05, 4.69) is 238 Å². The first kappa shape index (κ1) is 55.5. The fraction of sp³-hybridized carbons (Fsp3) is 0.0779. The van der Waals surface area contributed by atoms with Gasteiger partial charge in [-0.05, 0) is 206 Å². The van der Waals surface area contributed by atoms with Crippen molar-refractivity contribution in [2.75, 3.05) is 15.1 Å². The van der Waals surface area contributed by atoms with Crippen LogP contribution >= 0.6 is 31.9 Å². The maximum Gasteiger partial charge on any atom is 0.0991 e. The fourth-order valence-electron chi connectivity index (χ4n) is 12.1. The van der Waals surface area contributed by atoms with Crippen LogP contribution in [0.5, 0.6) is 0 Å². The molecule has 0 bridgehead atoms. The molecule has 0 atom stereocenters. The molecule has 0 unspecified atom stereocenters. The molecule has 0 saturated heterocycles. The molecule has 85 heavy (non-hydrogen) atoms. The Labute approximate surface area is 514 Å². The van der Waals surface area contributed by atoms with E-state index in [4.69, 9.17) is 5.26 Å². The lowest BCUT2D eigenvalue weighted by molar-refractivity contribution is 0.660. The number of nitrogens with one attached hydrogen (secondary N) is 1.